The Hall–Kier alpha value is -0.680. The Kier molecular flexibility index (Phi) is 5.85. The van der Waals surface area contributed by atoms with Crippen molar-refractivity contribution in [3.05, 3.63) is 29.6 Å². The highest BCUT2D eigenvalue weighted by molar-refractivity contribution is 5.85. The van der Waals surface area contributed by atoms with Gasteiger partial charge in [0.2, 0.25) is 0 Å². The van der Waals surface area contributed by atoms with Crippen molar-refractivity contribution in [3.8, 4) is 0 Å². The number of rotatable bonds is 3. The maximum Gasteiger partial charge on any atom is 0.0824 e. The second-order valence-corrected chi connectivity index (χ2v) is 4.21. The minimum absolute atomic E-state index is 0. The molecule has 1 aliphatic heterocycles. The standard InChI is InChI=1S/C12H19N3O.ClH/c1-10-11(3-2-4-14-10)8-15-5-6-16-12(7-13)9-15;/h2-4,12H,5-9,13H2,1H3;1H. The number of pyridine rings is 1. The third kappa shape index (κ3) is 3.92. The van der Waals surface area contributed by atoms with E-state index in [2.05, 4.69) is 22.9 Å². The summed E-state index contributed by atoms with van der Waals surface area (Å²) >= 11 is 0. The lowest BCUT2D eigenvalue weighted by atomic mass is 10.1. The lowest BCUT2D eigenvalue weighted by Gasteiger charge is -2.32. The summed E-state index contributed by atoms with van der Waals surface area (Å²) in [6.07, 6.45) is 2.02. The van der Waals surface area contributed by atoms with Crippen LogP contribution in [0, 0.1) is 6.92 Å². The van der Waals surface area contributed by atoms with E-state index in [1.807, 2.05) is 12.3 Å². The zero-order valence-corrected chi connectivity index (χ0v) is 10.9. The highest BCUT2D eigenvalue weighted by Crippen LogP contribution is 2.11. The smallest absolute Gasteiger partial charge is 0.0824 e. The Balaban J connectivity index is 0.00000144. The zero-order valence-electron chi connectivity index (χ0n) is 10.1. The molecule has 17 heavy (non-hydrogen) atoms. The van der Waals surface area contributed by atoms with Crippen molar-refractivity contribution in [1.29, 1.82) is 0 Å². The maximum atomic E-state index is 5.62. The first-order valence-corrected chi connectivity index (χ1v) is 5.74. The molecule has 1 unspecified atom stereocenters. The van der Waals surface area contributed by atoms with Crippen molar-refractivity contribution in [2.24, 2.45) is 5.73 Å². The van der Waals surface area contributed by atoms with Gasteiger partial charge >= 0.3 is 0 Å². The normalized spacial score (nSPS) is 20.9. The first-order chi connectivity index (χ1) is 7.79. The topological polar surface area (TPSA) is 51.4 Å². The average molecular weight is 258 g/mol. The van der Waals surface area contributed by atoms with E-state index < -0.39 is 0 Å². The predicted octanol–water partition coefficient (Wildman–Crippen LogP) is 0.971. The molecule has 0 aliphatic carbocycles. The van der Waals surface area contributed by atoms with E-state index in [-0.39, 0.29) is 18.5 Å². The van der Waals surface area contributed by atoms with Crippen molar-refractivity contribution >= 4 is 12.4 Å². The summed E-state index contributed by atoms with van der Waals surface area (Å²) in [4.78, 5) is 6.68. The quantitative estimate of drug-likeness (QED) is 0.877. The van der Waals surface area contributed by atoms with Crippen molar-refractivity contribution < 1.29 is 4.74 Å². The van der Waals surface area contributed by atoms with Gasteiger partial charge in [-0.3, -0.25) is 9.88 Å². The van der Waals surface area contributed by atoms with Gasteiger partial charge < -0.3 is 10.5 Å². The molecule has 96 valence electrons. The molecule has 1 saturated heterocycles. The number of hydrogen-bond donors (Lipinski definition) is 1. The second-order valence-electron chi connectivity index (χ2n) is 4.21. The monoisotopic (exact) mass is 257 g/mol. The van der Waals surface area contributed by atoms with Gasteiger partial charge in [0.1, 0.15) is 0 Å². The lowest BCUT2D eigenvalue weighted by Crippen LogP contribution is -2.45. The van der Waals surface area contributed by atoms with Crippen LogP contribution in [0.15, 0.2) is 18.3 Å². The van der Waals surface area contributed by atoms with E-state index in [1.54, 1.807) is 0 Å². The van der Waals surface area contributed by atoms with E-state index in [9.17, 15) is 0 Å². The molecule has 0 amide bonds. The van der Waals surface area contributed by atoms with Crippen molar-refractivity contribution in [3.63, 3.8) is 0 Å². The van der Waals surface area contributed by atoms with Gasteiger partial charge in [0, 0.05) is 38.1 Å². The Morgan fingerprint density at radius 1 is 1.59 bits per heavy atom. The summed E-state index contributed by atoms with van der Waals surface area (Å²) in [7, 11) is 0. The second kappa shape index (κ2) is 6.91. The van der Waals surface area contributed by atoms with Crippen LogP contribution in [0.2, 0.25) is 0 Å². The van der Waals surface area contributed by atoms with E-state index in [0.717, 1.165) is 31.9 Å². The fourth-order valence-electron chi connectivity index (χ4n) is 1.99. The molecule has 0 saturated carbocycles. The summed E-state index contributed by atoms with van der Waals surface area (Å²) in [6, 6.07) is 4.12. The fraction of sp³-hybridized carbons (Fsp3) is 0.583. The van der Waals surface area contributed by atoms with Crippen LogP contribution in [0.3, 0.4) is 0 Å². The average Bonchev–Trinajstić information content (AvgIpc) is 2.32. The molecule has 0 radical (unpaired) electrons. The molecule has 2 rings (SSSR count). The van der Waals surface area contributed by atoms with Gasteiger partial charge in [-0.25, -0.2) is 0 Å². The molecule has 1 aromatic heterocycles. The van der Waals surface area contributed by atoms with Gasteiger partial charge in [0.15, 0.2) is 0 Å². The lowest BCUT2D eigenvalue weighted by molar-refractivity contribution is -0.0261. The number of morpholine rings is 1. The van der Waals surface area contributed by atoms with Crippen LogP contribution in [-0.4, -0.2) is 42.2 Å². The molecular weight excluding hydrogens is 238 g/mol. The third-order valence-corrected chi connectivity index (χ3v) is 3.00. The number of aryl methyl sites for hydroxylation is 1. The van der Waals surface area contributed by atoms with E-state index in [1.165, 1.54) is 5.56 Å². The number of halogens is 1. The number of ether oxygens (including phenoxy) is 1. The highest BCUT2D eigenvalue weighted by atomic mass is 35.5. The Labute approximate surface area is 109 Å². The van der Waals surface area contributed by atoms with Gasteiger partial charge in [-0.05, 0) is 18.6 Å². The van der Waals surface area contributed by atoms with Crippen molar-refractivity contribution in [1.82, 2.24) is 9.88 Å². The molecule has 0 aromatic carbocycles. The van der Waals surface area contributed by atoms with Gasteiger partial charge in [-0.2, -0.15) is 0 Å². The van der Waals surface area contributed by atoms with Gasteiger partial charge in [-0.15, -0.1) is 12.4 Å². The van der Waals surface area contributed by atoms with Gasteiger partial charge in [0.25, 0.3) is 0 Å². The SMILES string of the molecule is Cc1ncccc1CN1CCOC(CN)C1.Cl. The van der Waals surface area contributed by atoms with Crippen LogP contribution in [-0.2, 0) is 11.3 Å². The number of hydrogen-bond acceptors (Lipinski definition) is 4. The minimum atomic E-state index is 0. The summed E-state index contributed by atoms with van der Waals surface area (Å²) < 4.78 is 5.54. The Morgan fingerprint density at radius 3 is 3.12 bits per heavy atom. The number of aromatic nitrogens is 1. The molecule has 5 heteroatoms. The van der Waals surface area contributed by atoms with Gasteiger partial charge in [-0.1, -0.05) is 6.07 Å². The number of nitrogens with zero attached hydrogens (tertiary/aromatic N) is 2. The fourth-order valence-corrected chi connectivity index (χ4v) is 1.99. The van der Waals surface area contributed by atoms with Crippen LogP contribution in [0.1, 0.15) is 11.3 Å². The Bertz CT molecular complexity index is 348. The van der Waals surface area contributed by atoms with Crippen molar-refractivity contribution in [2.75, 3.05) is 26.2 Å². The maximum absolute atomic E-state index is 5.62. The largest absolute Gasteiger partial charge is 0.374 e. The molecule has 1 atom stereocenters. The van der Waals surface area contributed by atoms with Crippen LogP contribution >= 0.6 is 12.4 Å². The molecule has 2 heterocycles. The summed E-state index contributed by atoms with van der Waals surface area (Å²) in [6.45, 7) is 6.27. The minimum Gasteiger partial charge on any atom is -0.374 e. The molecule has 0 bridgehead atoms. The Morgan fingerprint density at radius 2 is 2.41 bits per heavy atom. The predicted molar refractivity (Wildman–Crippen MR) is 70.3 cm³/mol. The third-order valence-electron chi connectivity index (χ3n) is 3.00. The van der Waals surface area contributed by atoms with Crippen LogP contribution in [0.4, 0.5) is 0 Å². The molecule has 1 aliphatic rings. The summed E-state index contributed by atoms with van der Waals surface area (Å²) in [5.41, 5.74) is 8.03. The zero-order chi connectivity index (χ0) is 11.4. The highest BCUT2D eigenvalue weighted by Gasteiger charge is 2.19. The first kappa shape index (κ1) is 14.4. The van der Waals surface area contributed by atoms with E-state index >= 15 is 0 Å². The molecular formula is C12H20ClN3O. The van der Waals surface area contributed by atoms with Gasteiger partial charge in [0.05, 0.1) is 12.7 Å². The summed E-state index contributed by atoms with van der Waals surface area (Å²) in [5, 5.41) is 0. The molecule has 2 N–H and O–H groups in total. The van der Waals surface area contributed by atoms with Crippen LogP contribution in [0.25, 0.3) is 0 Å². The molecule has 1 fully saturated rings. The number of nitrogens with two attached hydrogens (primary N) is 1. The van der Waals surface area contributed by atoms with Crippen molar-refractivity contribution in [2.45, 2.75) is 19.6 Å². The van der Waals surface area contributed by atoms with Crippen LogP contribution in [0.5, 0.6) is 0 Å². The molecule has 1 aromatic rings. The molecule has 4 nitrogen and oxygen atoms in total. The van der Waals surface area contributed by atoms with Crippen LogP contribution < -0.4 is 5.73 Å². The first-order valence-electron chi connectivity index (χ1n) is 5.74. The molecule has 0 spiro atoms. The summed E-state index contributed by atoms with van der Waals surface area (Å²) in [5.74, 6) is 0. The van der Waals surface area contributed by atoms with E-state index in [0.29, 0.717) is 6.54 Å². The van der Waals surface area contributed by atoms with E-state index in [4.69, 9.17) is 10.5 Å².